The van der Waals surface area contributed by atoms with Crippen LogP contribution >= 0.6 is 0 Å². The maximum Gasteiger partial charge on any atom is 0.279 e. The van der Waals surface area contributed by atoms with Crippen molar-refractivity contribution >= 4 is 10.2 Å². The van der Waals surface area contributed by atoms with Crippen LogP contribution in [0.15, 0.2) is 0 Å². The van der Waals surface area contributed by atoms with Crippen LogP contribution < -0.4 is 10.5 Å². The van der Waals surface area contributed by atoms with E-state index in [1.165, 1.54) is 11.4 Å². The first-order valence-electron chi connectivity index (χ1n) is 4.36. The third-order valence-electron chi connectivity index (χ3n) is 1.73. The fraction of sp³-hybridized carbons (Fsp3) is 1.00. The van der Waals surface area contributed by atoms with Crippen molar-refractivity contribution in [2.24, 2.45) is 5.73 Å². The van der Waals surface area contributed by atoms with Gasteiger partial charge in [0.15, 0.2) is 0 Å². The van der Waals surface area contributed by atoms with Gasteiger partial charge in [0.25, 0.3) is 10.2 Å². The minimum absolute atomic E-state index is 0.0380. The second-order valence-electron chi connectivity index (χ2n) is 3.06. The minimum Gasteiger partial charge on any atom is -0.330 e. The maximum atomic E-state index is 11.4. The number of nitrogens with zero attached hydrogens (tertiary/aromatic N) is 1. The molecule has 0 saturated carbocycles. The molecular formula is C7H19N3O2S. The topological polar surface area (TPSA) is 75.4 Å². The zero-order valence-corrected chi connectivity index (χ0v) is 9.26. The predicted molar refractivity (Wildman–Crippen MR) is 53.5 cm³/mol. The van der Waals surface area contributed by atoms with E-state index in [9.17, 15) is 8.42 Å². The number of nitrogens with two attached hydrogens (primary N) is 1. The molecule has 5 nitrogen and oxygen atoms in total. The molecule has 0 amide bonds. The molecule has 13 heavy (non-hydrogen) atoms. The first kappa shape index (κ1) is 12.8. The van der Waals surface area contributed by atoms with Crippen molar-refractivity contribution in [3.8, 4) is 0 Å². The van der Waals surface area contributed by atoms with Gasteiger partial charge in [-0.1, -0.05) is 0 Å². The van der Waals surface area contributed by atoms with Crippen molar-refractivity contribution in [3.05, 3.63) is 0 Å². The van der Waals surface area contributed by atoms with Crippen LogP contribution in [-0.4, -0.2) is 38.9 Å². The SMILES string of the molecule is CNS(=O)(=O)N(CCCN)C(C)C. The van der Waals surface area contributed by atoms with E-state index in [1.54, 1.807) is 0 Å². The summed E-state index contributed by atoms with van der Waals surface area (Å²) in [6.07, 6.45) is 0.680. The number of rotatable bonds is 6. The van der Waals surface area contributed by atoms with Gasteiger partial charge in [-0.15, -0.1) is 0 Å². The molecule has 0 aliphatic rings. The van der Waals surface area contributed by atoms with Crippen LogP contribution in [0.3, 0.4) is 0 Å². The molecule has 0 aromatic carbocycles. The molecule has 0 bridgehead atoms. The molecule has 0 fully saturated rings. The Balaban J connectivity index is 4.43. The average Bonchev–Trinajstić information content (AvgIpc) is 2.04. The summed E-state index contributed by atoms with van der Waals surface area (Å²) in [7, 11) is -1.89. The Bertz CT molecular complexity index is 226. The first-order chi connectivity index (χ1) is 5.95. The highest BCUT2D eigenvalue weighted by atomic mass is 32.2. The zero-order chi connectivity index (χ0) is 10.5. The van der Waals surface area contributed by atoms with Crippen LogP contribution in [0.5, 0.6) is 0 Å². The Kier molecular flexibility index (Phi) is 5.46. The molecule has 0 spiro atoms. The van der Waals surface area contributed by atoms with Crippen molar-refractivity contribution in [2.75, 3.05) is 20.1 Å². The van der Waals surface area contributed by atoms with Crippen molar-refractivity contribution in [2.45, 2.75) is 26.3 Å². The highest BCUT2D eigenvalue weighted by Crippen LogP contribution is 2.04. The van der Waals surface area contributed by atoms with E-state index in [0.29, 0.717) is 19.5 Å². The van der Waals surface area contributed by atoms with Gasteiger partial charge in [-0.3, -0.25) is 0 Å². The largest absolute Gasteiger partial charge is 0.330 e. The summed E-state index contributed by atoms with van der Waals surface area (Å²) < 4.78 is 26.5. The van der Waals surface area contributed by atoms with Crippen molar-refractivity contribution in [1.29, 1.82) is 0 Å². The highest BCUT2D eigenvalue weighted by molar-refractivity contribution is 7.87. The zero-order valence-electron chi connectivity index (χ0n) is 8.45. The fourth-order valence-electron chi connectivity index (χ4n) is 1.02. The Morgan fingerprint density at radius 1 is 1.46 bits per heavy atom. The Morgan fingerprint density at radius 3 is 2.31 bits per heavy atom. The lowest BCUT2D eigenvalue weighted by molar-refractivity contribution is 0.347. The van der Waals surface area contributed by atoms with Gasteiger partial charge < -0.3 is 5.73 Å². The lowest BCUT2D eigenvalue weighted by atomic mass is 10.3. The summed E-state index contributed by atoms with van der Waals surface area (Å²) in [6.45, 7) is 4.65. The van der Waals surface area contributed by atoms with E-state index in [-0.39, 0.29) is 6.04 Å². The summed E-state index contributed by atoms with van der Waals surface area (Å²) in [5.74, 6) is 0. The molecule has 0 aliphatic carbocycles. The van der Waals surface area contributed by atoms with Crippen LogP contribution in [0.2, 0.25) is 0 Å². The quantitative estimate of drug-likeness (QED) is 0.620. The summed E-state index contributed by atoms with van der Waals surface area (Å²) in [5, 5.41) is 0. The van der Waals surface area contributed by atoms with E-state index < -0.39 is 10.2 Å². The van der Waals surface area contributed by atoms with Crippen molar-refractivity contribution < 1.29 is 8.42 Å². The second kappa shape index (κ2) is 5.54. The molecule has 0 radical (unpaired) electrons. The molecule has 0 aromatic rings. The van der Waals surface area contributed by atoms with Crippen molar-refractivity contribution in [3.63, 3.8) is 0 Å². The smallest absolute Gasteiger partial charge is 0.279 e. The van der Waals surface area contributed by atoms with Gasteiger partial charge in [0.1, 0.15) is 0 Å². The summed E-state index contributed by atoms with van der Waals surface area (Å²) >= 11 is 0. The lowest BCUT2D eigenvalue weighted by Crippen LogP contribution is -2.44. The Labute approximate surface area is 80.5 Å². The van der Waals surface area contributed by atoms with Gasteiger partial charge in [0, 0.05) is 19.6 Å². The first-order valence-corrected chi connectivity index (χ1v) is 5.80. The molecule has 0 aliphatic heterocycles. The van der Waals surface area contributed by atoms with Crippen molar-refractivity contribution in [1.82, 2.24) is 9.03 Å². The molecule has 80 valence electrons. The minimum atomic E-state index is -3.30. The molecular weight excluding hydrogens is 190 g/mol. The Morgan fingerprint density at radius 2 is 2.00 bits per heavy atom. The van der Waals surface area contributed by atoms with Gasteiger partial charge in [-0.2, -0.15) is 12.7 Å². The molecule has 0 heterocycles. The number of hydrogen-bond acceptors (Lipinski definition) is 3. The van der Waals surface area contributed by atoms with Crippen LogP contribution in [0.4, 0.5) is 0 Å². The number of hydrogen-bond donors (Lipinski definition) is 2. The third-order valence-corrected chi connectivity index (χ3v) is 3.46. The maximum absolute atomic E-state index is 11.4. The monoisotopic (exact) mass is 209 g/mol. The molecule has 6 heteroatoms. The van der Waals surface area contributed by atoms with Gasteiger partial charge in [0.2, 0.25) is 0 Å². The van der Waals surface area contributed by atoms with Crippen LogP contribution in [0, 0.1) is 0 Å². The standard InChI is InChI=1S/C7H19N3O2S/c1-7(2)10(6-4-5-8)13(11,12)9-3/h7,9H,4-6,8H2,1-3H3. The fourth-order valence-corrected chi connectivity index (χ4v) is 2.18. The van der Waals surface area contributed by atoms with Crippen LogP contribution in [0.1, 0.15) is 20.3 Å². The molecule has 0 saturated heterocycles. The highest BCUT2D eigenvalue weighted by Gasteiger charge is 2.21. The van der Waals surface area contributed by atoms with Gasteiger partial charge >= 0.3 is 0 Å². The lowest BCUT2D eigenvalue weighted by Gasteiger charge is -2.24. The van der Waals surface area contributed by atoms with Gasteiger partial charge in [0.05, 0.1) is 0 Å². The number of nitrogens with one attached hydrogen (secondary N) is 1. The second-order valence-corrected chi connectivity index (χ2v) is 4.88. The molecule has 0 rings (SSSR count). The van der Waals surface area contributed by atoms with E-state index in [4.69, 9.17) is 5.73 Å². The van der Waals surface area contributed by atoms with Crippen LogP contribution in [0.25, 0.3) is 0 Å². The molecule has 0 aromatic heterocycles. The van der Waals surface area contributed by atoms with E-state index in [0.717, 1.165) is 0 Å². The molecule has 0 atom stereocenters. The predicted octanol–water partition coefficient (Wildman–Crippen LogP) is -0.490. The Hall–Kier alpha value is -0.170. The van der Waals surface area contributed by atoms with E-state index in [1.807, 2.05) is 13.8 Å². The average molecular weight is 209 g/mol. The molecule has 3 N–H and O–H groups in total. The normalized spacial score (nSPS) is 12.8. The summed E-state index contributed by atoms with van der Waals surface area (Å²) in [6, 6.07) is -0.0380. The summed E-state index contributed by atoms with van der Waals surface area (Å²) in [4.78, 5) is 0. The van der Waals surface area contributed by atoms with E-state index >= 15 is 0 Å². The van der Waals surface area contributed by atoms with E-state index in [2.05, 4.69) is 4.72 Å². The molecule has 0 unspecified atom stereocenters. The van der Waals surface area contributed by atoms with Gasteiger partial charge in [-0.05, 0) is 26.8 Å². The van der Waals surface area contributed by atoms with Gasteiger partial charge in [-0.25, -0.2) is 4.72 Å². The third kappa shape index (κ3) is 4.04. The van der Waals surface area contributed by atoms with Crippen LogP contribution in [-0.2, 0) is 10.2 Å². The summed E-state index contributed by atoms with van der Waals surface area (Å²) in [5.41, 5.74) is 5.32.